The molecule has 0 spiro atoms. The molecule has 0 aliphatic carbocycles. The number of benzene rings is 1. The van der Waals surface area contributed by atoms with Gasteiger partial charge in [-0.15, -0.1) is 0 Å². The van der Waals surface area contributed by atoms with Gasteiger partial charge in [-0.2, -0.15) is 0 Å². The molecule has 0 unspecified atom stereocenters. The first-order valence-electron chi connectivity index (χ1n) is 8.77. The number of amides is 1. The van der Waals surface area contributed by atoms with Gasteiger partial charge in [0.05, 0.1) is 11.6 Å². The van der Waals surface area contributed by atoms with Gasteiger partial charge in [-0.25, -0.2) is 9.97 Å². The summed E-state index contributed by atoms with van der Waals surface area (Å²) in [5.41, 5.74) is 0.439. The van der Waals surface area contributed by atoms with E-state index in [4.69, 9.17) is 0 Å². The van der Waals surface area contributed by atoms with Crippen LogP contribution in [0, 0.1) is 0 Å². The zero-order chi connectivity index (χ0) is 21.1. The standard InChI is InChI=1S/C17H18F5N5OS/c1-23-16(28)11-7-24-17(25-8-11)27-10-13-5-14(27)9-26(13)12-3-2-4-15(6-12)29(18,19,20,21)22/h2-4,6-8,13-14H,5,9-10H2,1H3,(H,23,28)/t13-,14-/m0/s1. The summed E-state index contributed by atoms with van der Waals surface area (Å²) in [7, 11) is -8.23. The van der Waals surface area contributed by atoms with E-state index < -0.39 is 15.1 Å². The Labute approximate surface area is 163 Å². The SMILES string of the molecule is CNC(=O)c1cnc(N2C[C@@H]3C[C@H]2CN3c2cccc(S(F)(F)(F)(F)F)c2)nc1. The number of anilines is 2. The number of nitrogens with one attached hydrogen (secondary N) is 1. The van der Waals surface area contributed by atoms with Gasteiger partial charge in [0.2, 0.25) is 5.95 Å². The average Bonchev–Trinajstić information content (AvgIpc) is 3.27. The molecule has 1 amide bonds. The third-order valence-corrected chi connectivity index (χ3v) is 6.36. The van der Waals surface area contributed by atoms with Crippen molar-refractivity contribution in [2.24, 2.45) is 0 Å². The number of halogens is 5. The minimum absolute atomic E-state index is 0.0607. The summed E-state index contributed by atoms with van der Waals surface area (Å²) in [6.07, 6.45) is 3.47. The van der Waals surface area contributed by atoms with Gasteiger partial charge in [-0.1, -0.05) is 25.5 Å². The number of aromatic nitrogens is 2. The zero-order valence-electron chi connectivity index (χ0n) is 15.2. The van der Waals surface area contributed by atoms with Crippen LogP contribution in [-0.2, 0) is 0 Å². The molecule has 4 rings (SSSR count). The Bertz CT molecular complexity index is 969. The Morgan fingerprint density at radius 3 is 2.24 bits per heavy atom. The second-order valence-corrected chi connectivity index (χ2v) is 9.57. The minimum atomic E-state index is -9.72. The van der Waals surface area contributed by atoms with E-state index in [-0.39, 0.29) is 23.7 Å². The molecule has 158 valence electrons. The maximum Gasteiger partial charge on any atom is 0.310 e. The number of piperazine rings is 1. The van der Waals surface area contributed by atoms with Crippen LogP contribution >= 0.6 is 10.2 Å². The Morgan fingerprint density at radius 2 is 1.69 bits per heavy atom. The predicted octanol–water partition coefficient (Wildman–Crippen LogP) is 3.96. The van der Waals surface area contributed by atoms with E-state index in [1.165, 1.54) is 25.5 Å². The maximum atomic E-state index is 13.1. The number of carbonyl (C=O) groups excluding carboxylic acids is 1. The molecule has 3 heterocycles. The molecule has 1 N–H and O–H groups in total. The van der Waals surface area contributed by atoms with E-state index in [1.54, 1.807) is 4.90 Å². The second kappa shape index (κ2) is 5.71. The molecular weight excluding hydrogens is 417 g/mol. The predicted molar refractivity (Wildman–Crippen MR) is 100 cm³/mol. The smallest absolute Gasteiger partial charge is 0.310 e. The molecule has 2 bridgehead atoms. The Kier molecular flexibility index (Phi) is 3.87. The van der Waals surface area contributed by atoms with Crippen LogP contribution in [0.4, 0.5) is 31.1 Å². The Hall–Kier alpha value is -2.63. The van der Waals surface area contributed by atoms with E-state index in [0.29, 0.717) is 43.2 Å². The molecule has 2 atom stereocenters. The van der Waals surface area contributed by atoms with E-state index in [1.807, 2.05) is 4.90 Å². The van der Waals surface area contributed by atoms with E-state index in [2.05, 4.69) is 15.3 Å². The number of carbonyl (C=O) groups is 1. The van der Waals surface area contributed by atoms with Gasteiger partial charge in [-0.3, -0.25) is 4.79 Å². The highest BCUT2D eigenvalue weighted by Gasteiger charge is 2.65. The van der Waals surface area contributed by atoms with Crippen LogP contribution in [-0.4, -0.2) is 48.1 Å². The fraction of sp³-hybridized carbons (Fsp3) is 0.353. The highest BCUT2D eigenvalue weighted by molar-refractivity contribution is 8.45. The molecule has 0 radical (unpaired) electrons. The molecule has 29 heavy (non-hydrogen) atoms. The molecule has 2 aliphatic heterocycles. The first-order chi connectivity index (χ1) is 13.4. The summed E-state index contributed by atoms with van der Waals surface area (Å²) < 4.78 is 65.6. The first kappa shape index (κ1) is 19.7. The van der Waals surface area contributed by atoms with Crippen molar-refractivity contribution < 1.29 is 24.2 Å². The number of hydrogen-bond acceptors (Lipinski definition) is 5. The molecule has 6 nitrogen and oxygen atoms in total. The molecular formula is C17H18F5N5OS. The van der Waals surface area contributed by atoms with Gasteiger partial charge in [0.15, 0.2) is 0 Å². The first-order valence-corrected chi connectivity index (χ1v) is 10.7. The fourth-order valence-electron chi connectivity index (χ4n) is 3.86. The van der Waals surface area contributed by atoms with Crippen LogP contribution in [0.25, 0.3) is 0 Å². The second-order valence-electron chi connectivity index (χ2n) is 7.17. The maximum absolute atomic E-state index is 13.1. The van der Waals surface area contributed by atoms with Crippen molar-refractivity contribution in [1.29, 1.82) is 0 Å². The van der Waals surface area contributed by atoms with E-state index >= 15 is 0 Å². The van der Waals surface area contributed by atoms with Crippen LogP contribution < -0.4 is 15.1 Å². The lowest BCUT2D eigenvalue weighted by Crippen LogP contribution is -2.47. The Balaban J connectivity index is 1.52. The lowest BCUT2D eigenvalue weighted by atomic mass is 10.2. The molecule has 0 saturated carbocycles. The fourth-order valence-corrected chi connectivity index (χ4v) is 4.54. The third kappa shape index (κ3) is 3.68. The van der Waals surface area contributed by atoms with Crippen molar-refractivity contribution in [3.63, 3.8) is 0 Å². The largest absolute Gasteiger partial charge is 0.365 e. The summed E-state index contributed by atoms with van der Waals surface area (Å²) in [6, 6.07) is 3.15. The van der Waals surface area contributed by atoms with Gasteiger partial charge in [0.1, 0.15) is 4.90 Å². The van der Waals surface area contributed by atoms with Gasteiger partial charge < -0.3 is 15.1 Å². The molecule has 12 heteroatoms. The van der Waals surface area contributed by atoms with E-state index in [9.17, 15) is 24.2 Å². The molecule has 2 aromatic rings. The van der Waals surface area contributed by atoms with Crippen LogP contribution in [0.15, 0.2) is 41.6 Å². The quantitative estimate of drug-likeness (QED) is 0.737. The molecule has 2 aliphatic rings. The zero-order valence-corrected chi connectivity index (χ0v) is 16.1. The van der Waals surface area contributed by atoms with Crippen LogP contribution in [0.5, 0.6) is 0 Å². The molecule has 2 fully saturated rings. The van der Waals surface area contributed by atoms with Crippen molar-refractivity contribution in [3.8, 4) is 0 Å². The highest BCUT2D eigenvalue weighted by atomic mass is 32.5. The van der Waals surface area contributed by atoms with Gasteiger partial charge in [0, 0.05) is 44.3 Å². The van der Waals surface area contributed by atoms with Crippen molar-refractivity contribution in [1.82, 2.24) is 15.3 Å². The van der Waals surface area contributed by atoms with Gasteiger partial charge >= 0.3 is 10.2 Å². The highest BCUT2D eigenvalue weighted by Crippen LogP contribution is 3.02. The minimum Gasteiger partial charge on any atom is -0.365 e. The number of rotatable bonds is 4. The lowest BCUT2D eigenvalue weighted by Gasteiger charge is -2.41. The van der Waals surface area contributed by atoms with Gasteiger partial charge in [0.25, 0.3) is 5.91 Å². The van der Waals surface area contributed by atoms with E-state index in [0.717, 1.165) is 6.07 Å². The molecule has 2 saturated heterocycles. The lowest BCUT2D eigenvalue weighted by molar-refractivity contribution is 0.0962. The summed E-state index contributed by atoms with van der Waals surface area (Å²) in [4.78, 5) is 21.7. The van der Waals surface area contributed by atoms with Crippen molar-refractivity contribution in [2.45, 2.75) is 23.4 Å². The van der Waals surface area contributed by atoms with Crippen LogP contribution in [0.2, 0.25) is 0 Å². The number of hydrogen-bond donors (Lipinski definition) is 1. The summed E-state index contributed by atoms with van der Waals surface area (Å²) in [5.74, 6) is 0.111. The molecule has 1 aromatic heterocycles. The number of nitrogens with zero attached hydrogens (tertiary/aromatic N) is 4. The topological polar surface area (TPSA) is 61.4 Å². The molecule has 1 aromatic carbocycles. The number of fused-ring (bicyclic) bond motifs is 2. The van der Waals surface area contributed by atoms with Gasteiger partial charge in [-0.05, 0) is 24.6 Å². The monoisotopic (exact) mass is 435 g/mol. The Morgan fingerprint density at radius 1 is 1.07 bits per heavy atom. The van der Waals surface area contributed by atoms with Crippen LogP contribution in [0.1, 0.15) is 16.8 Å². The third-order valence-electron chi connectivity index (χ3n) is 5.22. The van der Waals surface area contributed by atoms with Crippen molar-refractivity contribution in [3.05, 3.63) is 42.2 Å². The van der Waals surface area contributed by atoms with Crippen molar-refractivity contribution in [2.75, 3.05) is 29.9 Å². The summed E-state index contributed by atoms with van der Waals surface area (Å²) in [6.45, 7) is 0.819. The summed E-state index contributed by atoms with van der Waals surface area (Å²) >= 11 is 0. The normalized spacial score (nSPS) is 23.7. The van der Waals surface area contributed by atoms with Crippen LogP contribution in [0.3, 0.4) is 0 Å². The average molecular weight is 435 g/mol. The van der Waals surface area contributed by atoms with Crippen molar-refractivity contribution >= 4 is 27.8 Å². The summed E-state index contributed by atoms with van der Waals surface area (Å²) in [5, 5.41) is 2.47.